The molecule has 154 valence electrons. The van der Waals surface area contributed by atoms with Crippen molar-refractivity contribution in [1.82, 2.24) is 19.7 Å². The van der Waals surface area contributed by atoms with Crippen molar-refractivity contribution in [1.29, 1.82) is 0 Å². The van der Waals surface area contributed by atoms with Gasteiger partial charge in [0.2, 0.25) is 5.91 Å². The molecule has 4 rings (SSSR count). The van der Waals surface area contributed by atoms with Crippen LogP contribution in [0.15, 0.2) is 64.4 Å². The number of hydrogen-bond acceptors (Lipinski definition) is 4. The zero-order valence-corrected chi connectivity index (χ0v) is 18.1. The normalized spacial score (nSPS) is 12.4. The minimum atomic E-state index is -0.493. The molecule has 1 N–H and O–H groups in total. The van der Waals surface area contributed by atoms with Crippen molar-refractivity contribution in [3.05, 3.63) is 70.6 Å². The monoisotopic (exact) mass is 420 g/mol. The third-order valence-electron chi connectivity index (χ3n) is 5.43. The molecule has 0 unspecified atom stereocenters. The summed E-state index contributed by atoms with van der Waals surface area (Å²) in [6, 6.07) is 15.4. The maximum atomic E-state index is 13.2. The molecule has 0 aliphatic heterocycles. The number of aromatic nitrogens is 3. The van der Waals surface area contributed by atoms with Gasteiger partial charge in [-0.25, -0.2) is 4.68 Å². The van der Waals surface area contributed by atoms with E-state index in [1.54, 1.807) is 25.0 Å². The highest BCUT2D eigenvalue weighted by Crippen LogP contribution is 2.30. The Hall–Kier alpha value is -3.06. The second-order valence-corrected chi connectivity index (χ2v) is 8.09. The SMILES string of the molecule is CC[C@H](C(=O)NCc1ccc(SC)cc1)n1c2ccccc2c2cnn(C)c(=O)c21. The van der Waals surface area contributed by atoms with Crippen LogP contribution in [-0.2, 0) is 18.4 Å². The van der Waals surface area contributed by atoms with Crippen molar-refractivity contribution in [2.75, 3.05) is 6.26 Å². The van der Waals surface area contributed by atoms with Crippen molar-refractivity contribution in [3.8, 4) is 0 Å². The van der Waals surface area contributed by atoms with Crippen LogP contribution in [0, 0.1) is 0 Å². The first-order chi connectivity index (χ1) is 14.5. The van der Waals surface area contributed by atoms with Crippen LogP contribution in [-0.4, -0.2) is 26.5 Å². The topological polar surface area (TPSA) is 68.9 Å². The van der Waals surface area contributed by atoms with Gasteiger partial charge >= 0.3 is 0 Å². The van der Waals surface area contributed by atoms with Crippen molar-refractivity contribution in [2.45, 2.75) is 30.8 Å². The molecule has 1 amide bonds. The van der Waals surface area contributed by atoms with Crippen LogP contribution in [0.4, 0.5) is 0 Å². The summed E-state index contributed by atoms with van der Waals surface area (Å²) in [6.45, 7) is 2.41. The molecule has 0 aliphatic rings. The lowest BCUT2D eigenvalue weighted by molar-refractivity contribution is -0.124. The van der Waals surface area contributed by atoms with Gasteiger partial charge in [-0.15, -0.1) is 11.8 Å². The first-order valence-corrected chi connectivity index (χ1v) is 11.1. The van der Waals surface area contributed by atoms with E-state index in [2.05, 4.69) is 10.4 Å². The summed E-state index contributed by atoms with van der Waals surface area (Å²) >= 11 is 1.69. The van der Waals surface area contributed by atoms with E-state index in [9.17, 15) is 9.59 Å². The Bertz CT molecular complexity index is 1270. The number of carbonyl (C=O) groups is 1. The number of nitrogens with one attached hydrogen (secondary N) is 1. The first kappa shape index (κ1) is 20.2. The van der Waals surface area contributed by atoms with Gasteiger partial charge in [0, 0.05) is 29.3 Å². The summed E-state index contributed by atoms with van der Waals surface area (Å²) in [5.41, 5.74) is 2.21. The maximum absolute atomic E-state index is 13.2. The molecule has 2 aromatic heterocycles. The van der Waals surface area contributed by atoms with Gasteiger partial charge in [-0.05, 0) is 36.4 Å². The van der Waals surface area contributed by atoms with E-state index in [1.165, 1.54) is 9.58 Å². The molecule has 0 spiro atoms. The van der Waals surface area contributed by atoms with E-state index in [4.69, 9.17) is 0 Å². The summed E-state index contributed by atoms with van der Waals surface area (Å²) in [5.74, 6) is -0.104. The Labute approximate surface area is 178 Å². The number of aryl methyl sites for hydroxylation is 1. The molecule has 2 aromatic carbocycles. The number of thioether (sulfide) groups is 1. The Morgan fingerprint density at radius 1 is 1.13 bits per heavy atom. The molecular weight excluding hydrogens is 396 g/mol. The summed E-state index contributed by atoms with van der Waals surface area (Å²) in [5, 5.41) is 8.93. The summed E-state index contributed by atoms with van der Waals surface area (Å²) in [4.78, 5) is 27.3. The zero-order valence-electron chi connectivity index (χ0n) is 17.3. The predicted molar refractivity (Wildman–Crippen MR) is 122 cm³/mol. The fourth-order valence-corrected chi connectivity index (χ4v) is 4.26. The van der Waals surface area contributed by atoms with Gasteiger partial charge < -0.3 is 9.88 Å². The molecule has 0 aliphatic carbocycles. The summed E-state index contributed by atoms with van der Waals surface area (Å²) < 4.78 is 3.19. The molecule has 2 heterocycles. The second kappa shape index (κ2) is 8.36. The standard InChI is InChI=1S/C23H24N4O2S/c1-4-19(22(28)24-13-15-9-11-16(30-3)12-10-15)27-20-8-6-5-7-17(20)18-14-25-26(2)23(29)21(18)27/h5-12,14,19H,4,13H2,1-3H3,(H,24,28)/t19-/m1/s1. The molecule has 1 atom stereocenters. The fourth-order valence-electron chi connectivity index (χ4n) is 3.85. The van der Waals surface area contributed by atoms with Crippen molar-refractivity contribution >= 4 is 39.5 Å². The third-order valence-corrected chi connectivity index (χ3v) is 6.18. The number of rotatable bonds is 6. The number of carbonyl (C=O) groups excluding carboxylic acids is 1. The Morgan fingerprint density at radius 3 is 2.57 bits per heavy atom. The van der Waals surface area contributed by atoms with Crippen molar-refractivity contribution < 1.29 is 4.79 Å². The molecule has 7 heteroatoms. The molecule has 30 heavy (non-hydrogen) atoms. The number of amides is 1. The minimum Gasteiger partial charge on any atom is -0.350 e. The average molecular weight is 421 g/mol. The van der Waals surface area contributed by atoms with Gasteiger partial charge in [-0.3, -0.25) is 9.59 Å². The Morgan fingerprint density at radius 2 is 1.87 bits per heavy atom. The molecule has 0 saturated heterocycles. The summed E-state index contributed by atoms with van der Waals surface area (Å²) in [6.07, 6.45) is 4.30. The van der Waals surface area contributed by atoms with Crippen LogP contribution in [0.1, 0.15) is 24.9 Å². The minimum absolute atomic E-state index is 0.104. The third kappa shape index (κ3) is 3.50. The first-order valence-electron chi connectivity index (χ1n) is 9.90. The van der Waals surface area contributed by atoms with Gasteiger partial charge in [0.15, 0.2) is 0 Å². The van der Waals surface area contributed by atoms with Gasteiger partial charge in [0.05, 0.1) is 11.7 Å². The van der Waals surface area contributed by atoms with Crippen LogP contribution in [0.5, 0.6) is 0 Å². The molecule has 0 radical (unpaired) electrons. The van der Waals surface area contributed by atoms with Crippen LogP contribution < -0.4 is 10.9 Å². The lowest BCUT2D eigenvalue weighted by Gasteiger charge is -2.19. The molecule has 6 nitrogen and oxygen atoms in total. The van der Waals surface area contributed by atoms with E-state index in [1.807, 2.05) is 66.3 Å². The van der Waals surface area contributed by atoms with Crippen LogP contribution in [0.25, 0.3) is 21.8 Å². The summed E-state index contributed by atoms with van der Waals surface area (Å²) in [7, 11) is 1.63. The van der Waals surface area contributed by atoms with Crippen molar-refractivity contribution in [2.24, 2.45) is 7.05 Å². The average Bonchev–Trinajstić information content (AvgIpc) is 3.11. The lowest BCUT2D eigenvalue weighted by atomic mass is 10.1. The number of hydrogen-bond donors (Lipinski definition) is 1. The number of fused-ring (bicyclic) bond motifs is 3. The van der Waals surface area contributed by atoms with Gasteiger partial charge in [-0.1, -0.05) is 37.3 Å². The number of benzene rings is 2. The van der Waals surface area contributed by atoms with Crippen LogP contribution >= 0.6 is 11.8 Å². The quantitative estimate of drug-likeness (QED) is 0.481. The second-order valence-electron chi connectivity index (χ2n) is 7.21. The van der Waals surface area contributed by atoms with Gasteiger partial charge in [-0.2, -0.15) is 5.10 Å². The highest BCUT2D eigenvalue weighted by Gasteiger charge is 2.25. The zero-order chi connectivity index (χ0) is 21.3. The highest BCUT2D eigenvalue weighted by atomic mass is 32.2. The van der Waals surface area contributed by atoms with E-state index < -0.39 is 6.04 Å². The van der Waals surface area contributed by atoms with Crippen molar-refractivity contribution in [3.63, 3.8) is 0 Å². The Kier molecular flexibility index (Phi) is 5.63. The molecular formula is C23H24N4O2S. The highest BCUT2D eigenvalue weighted by molar-refractivity contribution is 7.98. The van der Waals surface area contributed by atoms with Crippen LogP contribution in [0.3, 0.4) is 0 Å². The van der Waals surface area contributed by atoms with E-state index in [-0.39, 0.29) is 11.5 Å². The molecule has 4 aromatic rings. The lowest BCUT2D eigenvalue weighted by Crippen LogP contribution is -2.33. The van der Waals surface area contributed by atoms with Gasteiger partial charge in [0.25, 0.3) is 5.56 Å². The smallest absolute Gasteiger partial charge is 0.291 e. The Balaban J connectivity index is 1.73. The molecule has 0 saturated carbocycles. The van der Waals surface area contributed by atoms with Gasteiger partial charge in [0.1, 0.15) is 11.6 Å². The number of para-hydroxylation sites is 1. The van der Waals surface area contributed by atoms with E-state index in [0.29, 0.717) is 18.5 Å². The molecule has 0 bridgehead atoms. The maximum Gasteiger partial charge on any atom is 0.291 e. The molecule has 0 fully saturated rings. The van der Waals surface area contributed by atoms with Crippen LogP contribution in [0.2, 0.25) is 0 Å². The largest absolute Gasteiger partial charge is 0.350 e. The van der Waals surface area contributed by atoms with E-state index in [0.717, 1.165) is 21.9 Å². The van der Waals surface area contributed by atoms with E-state index >= 15 is 0 Å². The fraction of sp³-hybridized carbons (Fsp3) is 0.261. The predicted octanol–water partition coefficient (Wildman–Crippen LogP) is 3.88. The number of nitrogens with zero attached hydrogens (tertiary/aromatic N) is 3.